The Hall–Kier alpha value is -1.10. The SMILES string of the molecule is O=C1NC2(CCCCC2)C(=O)N1CC1CCNCC1. The van der Waals surface area contributed by atoms with Crippen LogP contribution in [0.1, 0.15) is 44.9 Å². The minimum Gasteiger partial charge on any atom is -0.323 e. The van der Waals surface area contributed by atoms with Gasteiger partial charge in [0.1, 0.15) is 5.54 Å². The normalized spacial score (nSPS) is 27.9. The van der Waals surface area contributed by atoms with Crippen LogP contribution in [0.25, 0.3) is 0 Å². The van der Waals surface area contributed by atoms with Gasteiger partial charge in [-0.2, -0.15) is 0 Å². The molecule has 1 spiro atoms. The number of hydrogen-bond donors (Lipinski definition) is 2. The van der Waals surface area contributed by atoms with Crippen molar-refractivity contribution in [2.24, 2.45) is 5.92 Å². The molecule has 0 aromatic heterocycles. The molecule has 106 valence electrons. The maximum absolute atomic E-state index is 12.6. The molecule has 19 heavy (non-hydrogen) atoms. The van der Waals surface area contributed by atoms with Gasteiger partial charge in [0.25, 0.3) is 5.91 Å². The van der Waals surface area contributed by atoms with E-state index in [2.05, 4.69) is 10.6 Å². The van der Waals surface area contributed by atoms with Crippen molar-refractivity contribution in [1.29, 1.82) is 0 Å². The Labute approximate surface area is 114 Å². The average Bonchev–Trinajstić information content (AvgIpc) is 2.66. The van der Waals surface area contributed by atoms with E-state index in [1.165, 1.54) is 11.3 Å². The fraction of sp³-hybridized carbons (Fsp3) is 0.857. The summed E-state index contributed by atoms with van der Waals surface area (Å²) in [4.78, 5) is 26.2. The van der Waals surface area contributed by atoms with Crippen LogP contribution in [0.4, 0.5) is 4.79 Å². The fourth-order valence-electron chi connectivity index (χ4n) is 3.66. The quantitative estimate of drug-likeness (QED) is 0.738. The smallest absolute Gasteiger partial charge is 0.323 e. The van der Waals surface area contributed by atoms with E-state index in [9.17, 15) is 9.59 Å². The summed E-state index contributed by atoms with van der Waals surface area (Å²) in [5.41, 5.74) is -0.553. The van der Waals surface area contributed by atoms with Gasteiger partial charge in [-0.3, -0.25) is 9.69 Å². The van der Waals surface area contributed by atoms with E-state index in [4.69, 9.17) is 0 Å². The second kappa shape index (κ2) is 5.12. The maximum atomic E-state index is 12.6. The topological polar surface area (TPSA) is 61.4 Å². The summed E-state index contributed by atoms with van der Waals surface area (Å²) in [6.07, 6.45) is 7.04. The minimum absolute atomic E-state index is 0.0377. The van der Waals surface area contributed by atoms with Crippen LogP contribution in [0.3, 0.4) is 0 Å². The van der Waals surface area contributed by atoms with Gasteiger partial charge in [-0.15, -0.1) is 0 Å². The summed E-state index contributed by atoms with van der Waals surface area (Å²) in [7, 11) is 0. The summed E-state index contributed by atoms with van der Waals surface area (Å²) in [5, 5.41) is 6.30. The Morgan fingerprint density at radius 2 is 1.79 bits per heavy atom. The second-order valence-electron chi connectivity index (χ2n) is 6.18. The van der Waals surface area contributed by atoms with Crippen molar-refractivity contribution in [2.45, 2.75) is 50.5 Å². The van der Waals surface area contributed by atoms with Crippen molar-refractivity contribution in [2.75, 3.05) is 19.6 Å². The van der Waals surface area contributed by atoms with Gasteiger partial charge >= 0.3 is 6.03 Å². The number of rotatable bonds is 2. The molecule has 0 unspecified atom stereocenters. The number of carbonyl (C=O) groups is 2. The number of piperidine rings is 1. The van der Waals surface area contributed by atoms with Crippen molar-refractivity contribution in [1.82, 2.24) is 15.5 Å². The van der Waals surface area contributed by atoms with Crippen LogP contribution in [0.15, 0.2) is 0 Å². The number of nitrogens with one attached hydrogen (secondary N) is 2. The summed E-state index contributed by atoms with van der Waals surface area (Å²) >= 11 is 0. The molecule has 0 bridgehead atoms. The molecule has 3 amide bonds. The highest BCUT2D eigenvalue weighted by atomic mass is 16.2. The lowest BCUT2D eigenvalue weighted by molar-refractivity contribution is -0.132. The number of hydrogen-bond acceptors (Lipinski definition) is 3. The first kappa shape index (κ1) is 12.9. The molecular formula is C14H23N3O2. The Balaban J connectivity index is 1.68. The Morgan fingerprint density at radius 1 is 1.11 bits per heavy atom. The van der Waals surface area contributed by atoms with Crippen LogP contribution in [0.5, 0.6) is 0 Å². The maximum Gasteiger partial charge on any atom is 0.325 e. The highest BCUT2D eigenvalue weighted by Gasteiger charge is 2.51. The summed E-state index contributed by atoms with van der Waals surface area (Å²) in [6.45, 7) is 2.60. The molecule has 5 heteroatoms. The molecule has 2 N–H and O–H groups in total. The first-order valence-electron chi connectivity index (χ1n) is 7.56. The van der Waals surface area contributed by atoms with E-state index in [1.54, 1.807) is 0 Å². The molecule has 5 nitrogen and oxygen atoms in total. The zero-order chi connectivity index (χ0) is 13.3. The summed E-state index contributed by atoms with van der Waals surface area (Å²) in [6, 6.07) is -0.162. The van der Waals surface area contributed by atoms with E-state index >= 15 is 0 Å². The number of carbonyl (C=O) groups excluding carboxylic acids is 2. The molecule has 0 aromatic carbocycles. The molecule has 0 radical (unpaired) electrons. The third kappa shape index (κ3) is 2.36. The van der Waals surface area contributed by atoms with Gasteiger partial charge < -0.3 is 10.6 Å². The van der Waals surface area contributed by atoms with Gasteiger partial charge in [-0.1, -0.05) is 19.3 Å². The molecular weight excluding hydrogens is 242 g/mol. The summed E-state index contributed by atoms with van der Waals surface area (Å²) in [5.74, 6) is 0.505. The molecule has 3 aliphatic rings. The molecule has 2 aliphatic heterocycles. The molecule has 0 aromatic rings. The minimum atomic E-state index is -0.553. The predicted octanol–water partition coefficient (Wildman–Crippen LogP) is 1.24. The van der Waals surface area contributed by atoms with Gasteiger partial charge in [0.15, 0.2) is 0 Å². The van der Waals surface area contributed by atoms with Gasteiger partial charge in [0.2, 0.25) is 0 Å². The Morgan fingerprint density at radius 3 is 2.47 bits per heavy atom. The highest BCUT2D eigenvalue weighted by molar-refractivity contribution is 6.07. The van der Waals surface area contributed by atoms with Crippen LogP contribution in [0, 0.1) is 5.92 Å². The fourth-order valence-corrected chi connectivity index (χ4v) is 3.66. The molecule has 3 rings (SSSR count). The third-order valence-electron chi connectivity index (χ3n) is 4.85. The zero-order valence-electron chi connectivity index (χ0n) is 11.4. The first-order valence-corrected chi connectivity index (χ1v) is 7.56. The number of imide groups is 1. The van der Waals surface area contributed by atoms with E-state index in [0.717, 1.165) is 51.6 Å². The van der Waals surface area contributed by atoms with Crippen LogP contribution in [0.2, 0.25) is 0 Å². The van der Waals surface area contributed by atoms with Crippen LogP contribution in [-0.4, -0.2) is 42.0 Å². The third-order valence-corrected chi connectivity index (χ3v) is 4.85. The molecule has 1 aliphatic carbocycles. The number of urea groups is 1. The van der Waals surface area contributed by atoms with Crippen molar-refractivity contribution in [3.05, 3.63) is 0 Å². The average molecular weight is 265 g/mol. The number of amides is 3. The molecule has 1 saturated carbocycles. The van der Waals surface area contributed by atoms with Gasteiger partial charge in [-0.05, 0) is 44.7 Å². The second-order valence-corrected chi connectivity index (χ2v) is 6.18. The van der Waals surface area contributed by atoms with Crippen molar-refractivity contribution >= 4 is 11.9 Å². The van der Waals surface area contributed by atoms with Crippen molar-refractivity contribution < 1.29 is 9.59 Å². The molecule has 3 fully saturated rings. The molecule has 2 heterocycles. The van der Waals surface area contributed by atoms with Crippen LogP contribution >= 0.6 is 0 Å². The van der Waals surface area contributed by atoms with Crippen LogP contribution in [-0.2, 0) is 4.79 Å². The molecule has 0 atom stereocenters. The Kier molecular flexibility index (Phi) is 3.48. The lowest BCUT2D eigenvalue weighted by Crippen LogP contribution is -2.48. The van der Waals surface area contributed by atoms with Gasteiger partial charge in [-0.25, -0.2) is 4.79 Å². The molecule has 2 saturated heterocycles. The van der Waals surface area contributed by atoms with E-state index in [1.807, 2.05) is 0 Å². The monoisotopic (exact) mass is 265 g/mol. The largest absolute Gasteiger partial charge is 0.325 e. The van der Waals surface area contributed by atoms with Gasteiger partial charge in [0, 0.05) is 6.54 Å². The van der Waals surface area contributed by atoms with Crippen molar-refractivity contribution in [3.63, 3.8) is 0 Å². The standard InChI is InChI=1S/C14H23N3O2/c18-12-14(6-2-1-3-7-14)16-13(19)17(12)10-11-4-8-15-9-5-11/h11,15H,1-10H2,(H,16,19). The zero-order valence-corrected chi connectivity index (χ0v) is 11.4. The van der Waals surface area contributed by atoms with Crippen LogP contribution < -0.4 is 10.6 Å². The summed E-state index contributed by atoms with van der Waals surface area (Å²) < 4.78 is 0. The number of nitrogens with zero attached hydrogens (tertiary/aromatic N) is 1. The van der Waals surface area contributed by atoms with E-state index in [0.29, 0.717) is 12.5 Å². The van der Waals surface area contributed by atoms with Gasteiger partial charge in [0.05, 0.1) is 0 Å². The lowest BCUT2D eigenvalue weighted by atomic mass is 9.81. The van der Waals surface area contributed by atoms with E-state index < -0.39 is 5.54 Å². The predicted molar refractivity (Wildman–Crippen MR) is 71.7 cm³/mol. The highest BCUT2D eigenvalue weighted by Crippen LogP contribution is 2.34. The van der Waals surface area contributed by atoms with E-state index in [-0.39, 0.29) is 11.9 Å². The Bertz CT molecular complexity index is 371. The van der Waals surface area contributed by atoms with Crippen molar-refractivity contribution in [3.8, 4) is 0 Å². The first-order chi connectivity index (χ1) is 9.21. The lowest BCUT2D eigenvalue weighted by Gasteiger charge is -2.31.